The largest absolute Gasteiger partial charge is 0.444 e. The fourth-order valence-electron chi connectivity index (χ4n) is 4.22. The fraction of sp³-hybridized carbons (Fsp3) is 0.778. The number of anilines is 1. The predicted octanol–water partition coefficient (Wildman–Crippen LogP) is 4.37. The Kier molecular flexibility index (Phi) is 11.1. The first kappa shape index (κ1) is 31.1. The monoisotopic (exact) mass is 536 g/mol. The molecule has 1 aliphatic heterocycles. The average Bonchev–Trinajstić information content (AvgIpc) is 2.77. The Balaban J connectivity index is 2.39. The molecule has 0 radical (unpaired) electrons. The van der Waals surface area contributed by atoms with Gasteiger partial charge in [0.1, 0.15) is 22.8 Å². The van der Waals surface area contributed by atoms with E-state index in [1.807, 2.05) is 25.7 Å². The van der Waals surface area contributed by atoms with E-state index in [4.69, 9.17) is 15.5 Å². The summed E-state index contributed by atoms with van der Waals surface area (Å²) in [6.07, 6.45) is 4.89. The van der Waals surface area contributed by atoms with Crippen molar-refractivity contribution in [1.29, 1.82) is 0 Å². The highest BCUT2D eigenvalue weighted by Gasteiger charge is 2.37. The molecule has 0 aromatic carbocycles. The second kappa shape index (κ2) is 13.1. The lowest BCUT2D eigenvalue weighted by Crippen LogP contribution is -2.58. The number of hydrogen-bond donors (Lipinski definition) is 2. The van der Waals surface area contributed by atoms with Gasteiger partial charge in [-0.1, -0.05) is 34.6 Å². The van der Waals surface area contributed by atoms with Crippen molar-refractivity contribution in [3.8, 4) is 0 Å². The third-order valence-electron chi connectivity index (χ3n) is 5.88. The van der Waals surface area contributed by atoms with Crippen LogP contribution in [0.25, 0.3) is 0 Å². The van der Waals surface area contributed by atoms with Crippen molar-refractivity contribution >= 4 is 29.6 Å². The summed E-state index contributed by atoms with van der Waals surface area (Å²) in [5, 5.41) is 3.39. The van der Waals surface area contributed by atoms with Crippen LogP contribution < -0.4 is 11.1 Å². The molecule has 0 unspecified atom stereocenters. The van der Waals surface area contributed by atoms with Crippen molar-refractivity contribution in [2.75, 3.05) is 43.5 Å². The fourth-order valence-corrected chi connectivity index (χ4v) is 4.65. The predicted molar refractivity (Wildman–Crippen MR) is 152 cm³/mol. The van der Waals surface area contributed by atoms with Crippen molar-refractivity contribution in [2.24, 2.45) is 11.7 Å². The Labute approximate surface area is 227 Å². The van der Waals surface area contributed by atoms with E-state index < -0.39 is 11.7 Å². The van der Waals surface area contributed by atoms with Crippen molar-refractivity contribution in [3.05, 3.63) is 17.6 Å². The zero-order valence-corrected chi connectivity index (χ0v) is 25.1. The molecule has 1 aliphatic rings. The number of aromatic nitrogens is 2. The molecule has 3 N–H and O–H groups in total. The molecule has 2 amide bonds. The number of hydrogen-bond acceptors (Lipinski definition) is 8. The van der Waals surface area contributed by atoms with Gasteiger partial charge >= 0.3 is 6.09 Å². The lowest BCUT2D eigenvalue weighted by Gasteiger charge is -2.42. The highest BCUT2D eigenvalue weighted by Crippen LogP contribution is 2.26. The van der Waals surface area contributed by atoms with Gasteiger partial charge in [-0.2, -0.15) is 11.8 Å². The van der Waals surface area contributed by atoms with Gasteiger partial charge in [-0.15, -0.1) is 0 Å². The van der Waals surface area contributed by atoms with Crippen molar-refractivity contribution in [1.82, 2.24) is 19.8 Å². The molecule has 10 heteroatoms. The van der Waals surface area contributed by atoms with Gasteiger partial charge in [0.25, 0.3) is 5.91 Å². The quantitative estimate of drug-likeness (QED) is 0.447. The van der Waals surface area contributed by atoms with E-state index >= 15 is 0 Å². The Morgan fingerprint density at radius 1 is 1.24 bits per heavy atom. The number of piperidine rings is 1. The van der Waals surface area contributed by atoms with Gasteiger partial charge in [-0.25, -0.2) is 14.8 Å². The summed E-state index contributed by atoms with van der Waals surface area (Å²) >= 11 is 1.79. The molecule has 0 saturated carbocycles. The molecule has 1 saturated heterocycles. The highest BCUT2D eigenvalue weighted by atomic mass is 32.2. The summed E-state index contributed by atoms with van der Waals surface area (Å²) in [5.41, 5.74) is 5.98. The van der Waals surface area contributed by atoms with Crippen LogP contribution in [-0.2, 0) is 10.2 Å². The van der Waals surface area contributed by atoms with Crippen LogP contribution in [0.2, 0.25) is 0 Å². The van der Waals surface area contributed by atoms with Gasteiger partial charge < -0.3 is 25.6 Å². The summed E-state index contributed by atoms with van der Waals surface area (Å²) in [6.45, 7) is 17.9. The molecule has 9 nitrogen and oxygen atoms in total. The summed E-state index contributed by atoms with van der Waals surface area (Å²) in [4.78, 5) is 39.8. The number of nitrogens with zero attached hydrogens (tertiary/aromatic N) is 4. The number of nitrogens with two attached hydrogens (primary N) is 1. The number of nitrogens with one attached hydrogen (secondary N) is 1. The zero-order valence-electron chi connectivity index (χ0n) is 24.3. The minimum atomic E-state index is -0.607. The lowest BCUT2D eigenvalue weighted by atomic mass is 9.95. The average molecular weight is 537 g/mol. The van der Waals surface area contributed by atoms with Gasteiger partial charge in [-0.05, 0) is 51.5 Å². The maximum absolute atomic E-state index is 14.1. The number of carbonyl (C=O) groups is 2. The van der Waals surface area contributed by atoms with Crippen LogP contribution in [0.15, 0.2) is 6.20 Å². The molecule has 1 fully saturated rings. The molecule has 2 atom stereocenters. The number of carbonyl (C=O) groups excluding carboxylic acids is 2. The Morgan fingerprint density at radius 3 is 2.49 bits per heavy atom. The third-order valence-corrected chi connectivity index (χ3v) is 6.58. The van der Waals surface area contributed by atoms with E-state index in [1.165, 1.54) is 0 Å². The Bertz CT molecular complexity index is 912. The summed E-state index contributed by atoms with van der Waals surface area (Å²) in [7, 11) is 0. The van der Waals surface area contributed by atoms with Gasteiger partial charge in [0.15, 0.2) is 0 Å². The smallest absolute Gasteiger partial charge is 0.410 e. The Morgan fingerprint density at radius 2 is 1.92 bits per heavy atom. The van der Waals surface area contributed by atoms with Crippen LogP contribution in [-0.4, -0.2) is 87.6 Å². The van der Waals surface area contributed by atoms with Gasteiger partial charge in [0, 0.05) is 43.8 Å². The number of amides is 2. The molecular formula is C27H48N6O3S. The standard InChI is InChI=1S/C27H48N6O3S/c1-18(2)15-33(20-13-19(28)16-32(17-20)25(35)36-27(6,7)8)23(34)21-14-30-24(26(3,4)5)31-22(21)29-11-10-12-37-9/h14,18-20H,10-13,15-17,28H2,1-9H3,(H,29,30,31)/t19-,20+/m1/s1. The van der Waals surface area contributed by atoms with E-state index in [0.29, 0.717) is 49.8 Å². The van der Waals surface area contributed by atoms with Crippen molar-refractivity contribution < 1.29 is 14.3 Å². The normalized spacial score (nSPS) is 18.6. The maximum atomic E-state index is 14.1. The van der Waals surface area contributed by atoms with Crippen molar-refractivity contribution in [2.45, 2.75) is 91.3 Å². The minimum Gasteiger partial charge on any atom is -0.444 e. The van der Waals surface area contributed by atoms with E-state index in [1.54, 1.807) is 22.9 Å². The zero-order chi connectivity index (χ0) is 28.0. The van der Waals surface area contributed by atoms with E-state index in [0.717, 1.165) is 12.2 Å². The molecule has 1 aromatic rings. The summed E-state index contributed by atoms with van der Waals surface area (Å²) in [5.74, 6) is 2.34. The molecule has 2 rings (SSSR count). The van der Waals surface area contributed by atoms with Crippen LogP contribution in [0.3, 0.4) is 0 Å². The first-order valence-electron chi connectivity index (χ1n) is 13.3. The minimum absolute atomic E-state index is 0.148. The van der Waals surface area contributed by atoms with E-state index in [9.17, 15) is 9.59 Å². The summed E-state index contributed by atoms with van der Waals surface area (Å²) < 4.78 is 5.60. The van der Waals surface area contributed by atoms with Crippen LogP contribution in [0.5, 0.6) is 0 Å². The van der Waals surface area contributed by atoms with E-state index in [-0.39, 0.29) is 29.3 Å². The molecule has 0 aliphatic carbocycles. The van der Waals surface area contributed by atoms with Crippen molar-refractivity contribution in [3.63, 3.8) is 0 Å². The second-order valence-electron chi connectivity index (χ2n) is 12.4. The second-order valence-corrected chi connectivity index (χ2v) is 13.4. The number of thioether (sulfide) groups is 1. The third kappa shape index (κ3) is 9.63. The maximum Gasteiger partial charge on any atom is 0.410 e. The molecule has 0 bridgehead atoms. The molecule has 0 spiro atoms. The number of likely N-dealkylation sites (tertiary alicyclic amines) is 1. The highest BCUT2D eigenvalue weighted by molar-refractivity contribution is 7.98. The topological polar surface area (TPSA) is 114 Å². The number of ether oxygens (including phenoxy) is 1. The SMILES string of the molecule is CSCCCNc1nc(C(C)(C)C)ncc1C(=O)N(CC(C)C)[C@H]1C[C@@H](N)CN(C(=O)OC(C)(C)C)C1. The summed E-state index contributed by atoms with van der Waals surface area (Å²) in [6, 6.07) is -0.491. The van der Waals surface area contributed by atoms with Gasteiger partial charge in [0.2, 0.25) is 0 Å². The molecular weight excluding hydrogens is 488 g/mol. The van der Waals surface area contributed by atoms with Crippen LogP contribution in [0.1, 0.15) is 84.4 Å². The first-order valence-corrected chi connectivity index (χ1v) is 14.7. The molecule has 37 heavy (non-hydrogen) atoms. The first-order chi connectivity index (χ1) is 17.1. The molecule has 1 aromatic heterocycles. The lowest BCUT2D eigenvalue weighted by molar-refractivity contribution is 0.00687. The van der Waals surface area contributed by atoms with Crippen LogP contribution in [0, 0.1) is 5.92 Å². The van der Waals surface area contributed by atoms with Gasteiger partial charge in [-0.3, -0.25) is 4.79 Å². The number of rotatable bonds is 9. The van der Waals surface area contributed by atoms with E-state index in [2.05, 4.69) is 51.2 Å². The van der Waals surface area contributed by atoms with Gasteiger partial charge in [0.05, 0.1) is 6.04 Å². The van der Waals surface area contributed by atoms with Crippen LogP contribution >= 0.6 is 11.8 Å². The molecule has 210 valence electrons. The molecule has 2 heterocycles. The Hall–Kier alpha value is -2.07. The van der Waals surface area contributed by atoms with Crippen LogP contribution in [0.4, 0.5) is 10.6 Å².